The molecule has 0 aliphatic heterocycles. The zero-order valence-corrected chi connectivity index (χ0v) is 12.3. The highest BCUT2D eigenvalue weighted by atomic mass is 19.4. The van der Waals surface area contributed by atoms with Gasteiger partial charge in [0.2, 0.25) is 0 Å². The molecule has 0 fully saturated rings. The zero-order chi connectivity index (χ0) is 16.2. The summed E-state index contributed by atoms with van der Waals surface area (Å²) in [6.07, 6.45) is -4.39. The van der Waals surface area contributed by atoms with Crippen LogP contribution < -0.4 is 10.6 Å². The van der Waals surface area contributed by atoms with Crippen molar-refractivity contribution in [2.24, 2.45) is 5.73 Å². The molecule has 1 unspecified atom stereocenters. The first-order valence-corrected chi connectivity index (χ1v) is 7.17. The topological polar surface area (TPSA) is 29.3 Å². The molecule has 0 aromatic heterocycles. The zero-order valence-electron chi connectivity index (χ0n) is 12.3. The lowest BCUT2D eigenvalue weighted by atomic mass is 9.98. The summed E-state index contributed by atoms with van der Waals surface area (Å²) in [6, 6.07) is 14.5. The van der Waals surface area contributed by atoms with Gasteiger partial charge in [0.25, 0.3) is 0 Å². The Morgan fingerprint density at radius 2 is 1.59 bits per heavy atom. The van der Waals surface area contributed by atoms with Gasteiger partial charge in [0, 0.05) is 18.8 Å². The van der Waals surface area contributed by atoms with Gasteiger partial charge in [0.1, 0.15) is 0 Å². The molecule has 0 saturated heterocycles. The van der Waals surface area contributed by atoms with E-state index in [1.807, 2.05) is 42.2 Å². The molecule has 2 nitrogen and oxygen atoms in total. The summed E-state index contributed by atoms with van der Waals surface area (Å²) in [5.41, 5.74) is 6.27. The highest BCUT2D eigenvalue weighted by molar-refractivity contribution is 5.50. The average molecular weight is 308 g/mol. The lowest BCUT2D eigenvalue weighted by Crippen LogP contribution is -2.35. The van der Waals surface area contributed by atoms with Crippen LogP contribution in [0.3, 0.4) is 0 Å². The minimum absolute atomic E-state index is 0.107. The van der Waals surface area contributed by atoms with Crippen molar-refractivity contribution in [1.82, 2.24) is 0 Å². The molecule has 0 amide bonds. The number of hydrogen-bond donors (Lipinski definition) is 1. The van der Waals surface area contributed by atoms with Crippen LogP contribution in [0.25, 0.3) is 0 Å². The van der Waals surface area contributed by atoms with E-state index in [2.05, 4.69) is 0 Å². The summed E-state index contributed by atoms with van der Waals surface area (Å²) < 4.78 is 39.8. The van der Waals surface area contributed by atoms with E-state index in [1.165, 1.54) is 12.1 Å². The third kappa shape index (κ3) is 3.42. The predicted molar refractivity (Wildman–Crippen MR) is 82.7 cm³/mol. The second kappa shape index (κ2) is 6.83. The SMILES string of the molecule is CCN(c1ccccc1)C(CN)c1ccccc1C(F)(F)F. The van der Waals surface area contributed by atoms with Crippen LogP contribution in [0.5, 0.6) is 0 Å². The molecule has 0 radical (unpaired) electrons. The van der Waals surface area contributed by atoms with Crippen LogP contribution in [0.2, 0.25) is 0 Å². The van der Waals surface area contributed by atoms with Gasteiger partial charge in [0.15, 0.2) is 0 Å². The minimum Gasteiger partial charge on any atom is -0.363 e. The maximum Gasteiger partial charge on any atom is 0.416 e. The standard InChI is InChI=1S/C17H19F3N2/c1-2-22(13-8-4-3-5-9-13)16(12-21)14-10-6-7-11-15(14)17(18,19)20/h3-11,16H,2,12,21H2,1H3. The Hall–Kier alpha value is -2.01. The lowest BCUT2D eigenvalue weighted by Gasteiger charge is -2.33. The first kappa shape index (κ1) is 16.4. The van der Waals surface area contributed by atoms with E-state index in [0.29, 0.717) is 6.54 Å². The average Bonchev–Trinajstić information content (AvgIpc) is 2.52. The van der Waals surface area contributed by atoms with Crippen molar-refractivity contribution in [3.05, 3.63) is 65.7 Å². The van der Waals surface area contributed by atoms with Gasteiger partial charge >= 0.3 is 6.18 Å². The van der Waals surface area contributed by atoms with Crippen LogP contribution >= 0.6 is 0 Å². The highest BCUT2D eigenvalue weighted by Gasteiger charge is 2.35. The molecule has 0 saturated carbocycles. The number of nitrogens with two attached hydrogens (primary N) is 1. The summed E-state index contributed by atoms with van der Waals surface area (Å²) in [7, 11) is 0. The molecule has 0 spiro atoms. The van der Waals surface area contributed by atoms with E-state index >= 15 is 0 Å². The first-order valence-electron chi connectivity index (χ1n) is 7.17. The van der Waals surface area contributed by atoms with Crippen molar-refractivity contribution in [1.29, 1.82) is 0 Å². The van der Waals surface area contributed by atoms with Gasteiger partial charge < -0.3 is 10.6 Å². The Morgan fingerprint density at radius 1 is 1.00 bits per heavy atom. The fourth-order valence-corrected chi connectivity index (χ4v) is 2.67. The highest BCUT2D eigenvalue weighted by Crippen LogP contribution is 2.37. The first-order chi connectivity index (χ1) is 10.5. The maximum absolute atomic E-state index is 13.3. The van der Waals surface area contributed by atoms with Crippen molar-refractivity contribution in [2.75, 3.05) is 18.0 Å². The summed E-state index contributed by atoms with van der Waals surface area (Å²) in [4.78, 5) is 1.89. The Morgan fingerprint density at radius 3 is 2.14 bits per heavy atom. The van der Waals surface area contributed by atoms with Gasteiger partial charge in [-0.2, -0.15) is 13.2 Å². The van der Waals surface area contributed by atoms with Crippen LogP contribution in [-0.2, 0) is 6.18 Å². The Balaban J connectivity index is 2.48. The molecule has 118 valence electrons. The molecule has 2 rings (SSSR count). The second-order valence-electron chi connectivity index (χ2n) is 4.96. The number of para-hydroxylation sites is 1. The number of benzene rings is 2. The number of anilines is 1. The number of rotatable bonds is 5. The molecule has 0 aliphatic rings. The molecule has 0 heterocycles. The van der Waals surface area contributed by atoms with Gasteiger partial charge in [-0.25, -0.2) is 0 Å². The molecule has 1 atom stereocenters. The largest absolute Gasteiger partial charge is 0.416 e. The third-order valence-electron chi connectivity index (χ3n) is 3.65. The normalized spacial score (nSPS) is 13.0. The predicted octanol–water partition coefficient (Wildman–Crippen LogP) is 4.23. The second-order valence-corrected chi connectivity index (χ2v) is 4.96. The molecule has 2 aromatic rings. The van der Waals surface area contributed by atoms with Crippen molar-refractivity contribution in [2.45, 2.75) is 19.1 Å². The van der Waals surface area contributed by atoms with Crippen molar-refractivity contribution in [3.63, 3.8) is 0 Å². The molecule has 2 N–H and O–H groups in total. The smallest absolute Gasteiger partial charge is 0.363 e. The molecule has 22 heavy (non-hydrogen) atoms. The Labute approximate surface area is 128 Å². The van der Waals surface area contributed by atoms with Crippen LogP contribution in [0, 0.1) is 0 Å². The fraction of sp³-hybridized carbons (Fsp3) is 0.294. The Kier molecular flexibility index (Phi) is 5.08. The molecular weight excluding hydrogens is 289 g/mol. The van der Waals surface area contributed by atoms with Crippen LogP contribution in [0.15, 0.2) is 54.6 Å². The number of nitrogens with zero attached hydrogens (tertiary/aromatic N) is 1. The van der Waals surface area contributed by atoms with Gasteiger partial charge in [-0.3, -0.25) is 0 Å². The molecule has 0 bridgehead atoms. The maximum atomic E-state index is 13.3. The van der Waals surface area contributed by atoms with Gasteiger partial charge in [-0.05, 0) is 30.7 Å². The van der Waals surface area contributed by atoms with Crippen LogP contribution in [-0.4, -0.2) is 13.1 Å². The van der Waals surface area contributed by atoms with E-state index in [9.17, 15) is 13.2 Å². The van der Waals surface area contributed by atoms with Crippen molar-refractivity contribution < 1.29 is 13.2 Å². The number of alkyl halides is 3. The Bertz CT molecular complexity index is 596. The van der Waals surface area contributed by atoms with Gasteiger partial charge in [-0.15, -0.1) is 0 Å². The van der Waals surface area contributed by atoms with Crippen LogP contribution in [0.1, 0.15) is 24.1 Å². The van der Waals surface area contributed by atoms with Gasteiger partial charge in [-0.1, -0.05) is 36.4 Å². The number of halogens is 3. The van der Waals surface area contributed by atoms with E-state index in [-0.39, 0.29) is 12.1 Å². The van der Waals surface area contributed by atoms with Gasteiger partial charge in [0.05, 0.1) is 11.6 Å². The minimum atomic E-state index is -4.39. The number of likely N-dealkylation sites (N-methyl/N-ethyl adjacent to an activating group) is 1. The summed E-state index contributed by atoms with van der Waals surface area (Å²) >= 11 is 0. The summed E-state index contributed by atoms with van der Waals surface area (Å²) in [6.45, 7) is 2.58. The van der Waals surface area contributed by atoms with Crippen LogP contribution in [0.4, 0.5) is 18.9 Å². The quantitative estimate of drug-likeness (QED) is 0.895. The van der Waals surface area contributed by atoms with E-state index in [1.54, 1.807) is 6.07 Å². The van der Waals surface area contributed by atoms with Crippen molar-refractivity contribution in [3.8, 4) is 0 Å². The van der Waals surface area contributed by atoms with Crippen molar-refractivity contribution >= 4 is 5.69 Å². The lowest BCUT2D eigenvalue weighted by molar-refractivity contribution is -0.138. The van der Waals surface area contributed by atoms with E-state index in [4.69, 9.17) is 5.73 Å². The molecular formula is C17H19F3N2. The summed E-state index contributed by atoms with van der Waals surface area (Å²) in [5, 5.41) is 0. The molecule has 0 aliphatic carbocycles. The van der Waals surface area contributed by atoms with E-state index in [0.717, 1.165) is 11.8 Å². The molecule has 5 heteroatoms. The molecule has 2 aromatic carbocycles. The monoisotopic (exact) mass is 308 g/mol. The fourth-order valence-electron chi connectivity index (χ4n) is 2.67. The summed E-state index contributed by atoms with van der Waals surface area (Å²) in [5.74, 6) is 0. The van der Waals surface area contributed by atoms with E-state index < -0.39 is 17.8 Å². The third-order valence-corrected chi connectivity index (χ3v) is 3.65. The number of hydrogen-bond acceptors (Lipinski definition) is 2.